The first-order valence-electron chi connectivity index (χ1n) is 10.1. The standard InChI is InChI=1S/C20H27N7O2/c1-4-7-28-19-10-17(22-18-9-16(25-26-18)13-5-6-13)23-20(24-19)21-11-14-8-15(12(2)3)27-29-14/h8-10,12-13H,4-7,11H2,1-3H3,(H3,21,22,23,24,25,26). The molecule has 3 N–H and O–H groups in total. The highest BCUT2D eigenvalue weighted by Gasteiger charge is 2.25. The van der Waals surface area contributed by atoms with Crippen LogP contribution in [0.25, 0.3) is 0 Å². The van der Waals surface area contributed by atoms with E-state index < -0.39 is 0 Å². The van der Waals surface area contributed by atoms with Crippen LogP contribution >= 0.6 is 0 Å². The summed E-state index contributed by atoms with van der Waals surface area (Å²) < 4.78 is 11.1. The van der Waals surface area contributed by atoms with Gasteiger partial charge in [0.15, 0.2) is 11.6 Å². The van der Waals surface area contributed by atoms with E-state index >= 15 is 0 Å². The SMILES string of the molecule is CCCOc1cc(Nc2cc(C3CC3)[nH]n2)nc(NCc2cc(C(C)C)no2)n1. The van der Waals surface area contributed by atoms with Crippen molar-refractivity contribution in [1.29, 1.82) is 0 Å². The molecule has 0 radical (unpaired) electrons. The molecule has 4 rings (SSSR count). The summed E-state index contributed by atoms with van der Waals surface area (Å²) in [4.78, 5) is 8.97. The second-order valence-corrected chi connectivity index (χ2v) is 7.60. The molecule has 1 aliphatic carbocycles. The number of ether oxygens (including phenoxy) is 1. The van der Waals surface area contributed by atoms with Gasteiger partial charge < -0.3 is 19.9 Å². The first-order chi connectivity index (χ1) is 14.1. The molecule has 3 aromatic heterocycles. The van der Waals surface area contributed by atoms with E-state index in [1.807, 2.05) is 12.1 Å². The number of nitrogens with one attached hydrogen (secondary N) is 3. The van der Waals surface area contributed by atoms with Crippen LogP contribution in [0.4, 0.5) is 17.6 Å². The molecule has 0 atom stereocenters. The van der Waals surface area contributed by atoms with E-state index in [-0.39, 0.29) is 0 Å². The topological polar surface area (TPSA) is 114 Å². The predicted molar refractivity (Wildman–Crippen MR) is 110 cm³/mol. The number of hydrogen-bond donors (Lipinski definition) is 3. The van der Waals surface area contributed by atoms with Gasteiger partial charge in [-0.25, -0.2) is 0 Å². The van der Waals surface area contributed by atoms with E-state index in [9.17, 15) is 0 Å². The fraction of sp³-hybridized carbons (Fsp3) is 0.500. The summed E-state index contributed by atoms with van der Waals surface area (Å²) in [5.41, 5.74) is 2.09. The molecule has 154 valence electrons. The van der Waals surface area contributed by atoms with E-state index in [0.29, 0.717) is 42.6 Å². The van der Waals surface area contributed by atoms with Crippen LogP contribution in [0.3, 0.4) is 0 Å². The predicted octanol–water partition coefficient (Wildman–Crippen LogP) is 4.33. The number of rotatable bonds is 10. The van der Waals surface area contributed by atoms with Crippen molar-refractivity contribution < 1.29 is 9.26 Å². The van der Waals surface area contributed by atoms with Crippen molar-refractivity contribution >= 4 is 17.6 Å². The van der Waals surface area contributed by atoms with Crippen molar-refractivity contribution in [3.8, 4) is 5.88 Å². The molecule has 29 heavy (non-hydrogen) atoms. The Morgan fingerprint density at radius 2 is 2.07 bits per heavy atom. The van der Waals surface area contributed by atoms with Crippen LogP contribution in [0.5, 0.6) is 5.88 Å². The van der Waals surface area contributed by atoms with Crippen molar-refractivity contribution in [3.05, 3.63) is 35.3 Å². The average Bonchev–Trinajstić information content (AvgIpc) is 3.25. The first kappa shape index (κ1) is 19.2. The molecule has 1 fully saturated rings. The third kappa shape index (κ3) is 5.04. The van der Waals surface area contributed by atoms with Gasteiger partial charge in [0.1, 0.15) is 5.82 Å². The summed E-state index contributed by atoms with van der Waals surface area (Å²) in [6, 6.07) is 5.75. The van der Waals surface area contributed by atoms with Gasteiger partial charge in [0.05, 0.1) is 18.8 Å². The lowest BCUT2D eigenvalue weighted by molar-refractivity contribution is 0.305. The van der Waals surface area contributed by atoms with Crippen LogP contribution < -0.4 is 15.4 Å². The Morgan fingerprint density at radius 3 is 2.79 bits per heavy atom. The molecule has 1 saturated carbocycles. The second kappa shape index (κ2) is 8.50. The van der Waals surface area contributed by atoms with Crippen LogP contribution in [-0.4, -0.2) is 31.9 Å². The van der Waals surface area contributed by atoms with E-state index in [2.05, 4.69) is 56.7 Å². The molecule has 9 nitrogen and oxygen atoms in total. The van der Waals surface area contributed by atoms with Crippen molar-refractivity contribution in [2.24, 2.45) is 0 Å². The van der Waals surface area contributed by atoms with E-state index in [0.717, 1.165) is 29.4 Å². The number of hydrogen-bond acceptors (Lipinski definition) is 8. The summed E-state index contributed by atoms with van der Waals surface area (Å²) in [5.74, 6) is 3.96. The van der Waals surface area contributed by atoms with Gasteiger partial charge in [0.25, 0.3) is 0 Å². The van der Waals surface area contributed by atoms with E-state index in [1.165, 1.54) is 12.8 Å². The zero-order chi connectivity index (χ0) is 20.2. The minimum absolute atomic E-state index is 0.319. The van der Waals surface area contributed by atoms with Gasteiger partial charge in [-0.15, -0.1) is 0 Å². The largest absolute Gasteiger partial charge is 0.477 e. The van der Waals surface area contributed by atoms with E-state index in [1.54, 1.807) is 6.07 Å². The molecular weight excluding hydrogens is 370 g/mol. The number of aromatic nitrogens is 5. The zero-order valence-corrected chi connectivity index (χ0v) is 17.0. The Balaban J connectivity index is 1.47. The molecule has 0 spiro atoms. The van der Waals surface area contributed by atoms with Crippen LogP contribution in [0.2, 0.25) is 0 Å². The van der Waals surface area contributed by atoms with E-state index in [4.69, 9.17) is 9.26 Å². The smallest absolute Gasteiger partial charge is 0.228 e. The van der Waals surface area contributed by atoms with Gasteiger partial charge in [-0.1, -0.05) is 25.9 Å². The van der Waals surface area contributed by atoms with Crippen LogP contribution in [-0.2, 0) is 6.54 Å². The number of aromatic amines is 1. The average molecular weight is 397 g/mol. The van der Waals surface area contributed by atoms with Gasteiger partial charge in [0, 0.05) is 29.8 Å². The Labute approximate surface area is 169 Å². The van der Waals surface area contributed by atoms with Gasteiger partial charge in [0.2, 0.25) is 11.8 Å². The van der Waals surface area contributed by atoms with Crippen molar-refractivity contribution in [1.82, 2.24) is 25.3 Å². The number of H-pyrrole nitrogens is 1. The Kier molecular flexibility index (Phi) is 5.64. The molecule has 0 aromatic carbocycles. The van der Waals surface area contributed by atoms with Gasteiger partial charge in [-0.2, -0.15) is 15.1 Å². The summed E-state index contributed by atoms with van der Waals surface area (Å²) in [7, 11) is 0. The second-order valence-electron chi connectivity index (χ2n) is 7.60. The fourth-order valence-electron chi connectivity index (χ4n) is 2.83. The molecule has 3 aromatic rings. The third-order valence-electron chi connectivity index (χ3n) is 4.62. The number of anilines is 3. The molecule has 0 amide bonds. The minimum Gasteiger partial charge on any atom is -0.477 e. The Hall–Kier alpha value is -3.10. The summed E-state index contributed by atoms with van der Waals surface area (Å²) in [6.45, 7) is 7.23. The number of nitrogens with zero attached hydrogens (tertiary/aromatic N) is 4. The maximum absolute atomic E-state index is 5.72. The molecule has 0 aliphatic heterocycles. The third-order valence-corrected chi connectivity index (χ3v) is 4.62. The van der Waals surface area contributed by atoms with Gasteiger partial charge in [-0.05, 0) is 25.2 Å². The summed E-state index contributed by atoms with van der Waals surface area (Å²) in [5, 5.41) is 17.9. The normalized spacial score (nSPS) is 13.7. The molecule has 9 heteroatoms. The molecule has 0 unspecified atom stereocenters. The zero-order valence-electron chi connectivity index (χ0n) is 17.0. The summed E-state index contributed by atoms with van der Waals surface area (Å²) in [6.07, 6.45) is 3.34. The molecule has 3 heterocycles. The monoisotopic (exact) mass is 397 g/mol. The lowest BCUT2D eigenvalue weighted by atomic mass is 10.1. The quantitative estimate of drug-likeness (QED) is 0.463. The van der Waals surface area contributed by atoms with Crippen molar-refractivity contribution in [2.45, 2.75) is 58.4 Å². The van der Waals surface area contributed by atoms with Crippen LogP contribution in [0.1, 0.15) is 69.0 Å². The molecule has 1 aliphatic rings. The fourth-order valence-corrected chi connectivity index (χ4v) is 2.83. The Bertz CT molecular complexity index is 946. The highest BCUT2D eigenvalue weighted by Crippen LogP contribution is 2.39. The molecule has 0 saturated heterocycles. The van der Waals surface area contributed by atoms with Crippen LogP contribution in [0.15, 0.2) is 22.7 Å². The first-order valence-corrected chi connectivity index (χ1v) is 10.1. The lowest BCUT2D eigenvalue weighted by Crippen LogP contribution is -2.07. The maximum atomic E-state index is 5.72. The maximum Gasteiger partial charge on any atom is 0.228 e. The van der Waals surface area contributed by atoms with Gasteiger partial charge >= 0.3 is 0 Å². The van der Waals surface area contributed by atoms with Crippen molar-refractivity contribution in [3.63, 3.8) is 0 Å². The lowest BCUT2D eigenvalue weighted by Gasteiger charge is -2.10. The van der Waals surface area contributed by atoms with Gasteiger partial charge in [-0.3, -0.25) is 5.10 Å². The highest BCUT2D eigenvalue weighted by molar-refractivity contribution is 5.55. The van der Waals surface area contributed by atoms with Crippen LogP contribution in [0, 0.1) is 0 Å². The van der Waals surface area contributed by atoms with Crippen molar-refractivity contribution in [2.75, 3.05) is 17.2 Å². The Morgan fingerprint density at radius 1 is 1.21 bits per heavy atom. The molecular formula is C20H27N7O2. The highest BCUT2D eigenvalue weighted by atomic mass is 16.5. The minimum atomic E-state index is 0.319. The summed E-state index contributed by atoms with van der Waals surface area (Å²) >= 11 is 0. The molecule has 0 bridgehead atoms.